The van der Waals surface area contributed by atoms with Gasteiger partial charge in [0.2, 0.25) is 0 Å². The van der Waals surface area contributed by atoms with Gasteiger partial charge in [-0.15, -0.1) is 11.8 Å². The number of hydrogen-bond acceptors (Lipinski definition) is 3. The molecule has 0 radical (unpaired) electrons. The summed E-state index contributed by atoms with van der Waals surface area (Å²) in [5.74, 6) is 0.500. The molecule has 0 aliphatic rings. The van der Waals surface area contributed by atoms with Gasteiger partial charge in [-0.05, 0) is 13.2 Å². The van der Waals surface area contributed by atoms with Crippen molar-refractivity contribution in [3.05, 3.63) is 11.3 Å². The first-order chi connectivity index (χ1) is 3.81. The number of thioether (sulfide) groups is 1. The summed E-state index contributed by atoms with van der Waals surface area (Å²) in [5.41, 5.74) is 5.31. The molecule has 3 heteroatoms. The molecule has 0 saturated heterocycles. The molecule has 0 atom stereocenters. The molecule has 0 unspecified atom stereocenters. The molecule has 0 aromatic carbocycles. The molecule has 0 rings (SSSR count). The number of ether oxygens (including phenoxy) is 1. The average Bonchev–Trinajstić information content (AvgIpc) is 1.68. The van der Waals surface area contributed by atoms with E-state index in [1.165, 1.54) is 11.8 Å². The van der Waals surface area contributed by atoms with Crippen LogP contribution in [0.2, 0.25) is 0 Å². The van der Waals surface area contributed by atoms with Crippen molar-refractivity contribution >= 4 is 11.8 Å². The Bertz CT molecular complexity index is 82.5. The normalized spacial score (nSPS) is 11.5. The average molecular weight is 133 g/mol. The van der Waals surface area contributed by atoms with E-state index >= 15 is 0 Å². The molecular formula is C5H11NOS. The Balaban J connectivity index is 3.29. The van der Waals surface area contributed by atoms with E-state index in [4.69, 9.17) is 10.5 Å². The van der Waals surface area contributed by atoms with E-state index in [9.17, 15) is 0 Å². The summed E-state index contributed by atoms with van der Waals surface area (Å²) >= 11 is 1.54. The van der Waals surface area contributed by atoms with E-state index in [-0.39, 0.29) is 0 Å². The maximum atomic E-state index is 5.31. The Morgan fingerprint density at radius 3 is 2.88 bits per heavy atom. The van der Waals surface area contributed by atoms with Crippen molar-refractivity contribution < 1.29 is 4.74 Å². The molecule has 0 amide bonds. The summed E-state index contributed by atoms with van der Waals surface area (Å²) in [6, 6.07) is 0. The molecule has 0 saturated carbocycles. The first kappa shape index (κ1) is 7.69. The van der Waals surface area contributed by atoms with Crippen LogP contribution in [-0.2, 0) is 4.74 Å². The lowest BCUT2D eigenvalue weighted by Gasteiger charge is -1.98. The van der Waals surface area contributed by atoms with Crippen molar-refractivity contribution in [1.82, 2.24) is 0 Å². The Kier molecular flexibility index (Phi) is 4.65. The van der Waals surface area contributed by atoms with Crippen molar-refractivity contribution in [2.75, 3.05) is 12.9 Å². The van der Waals surface area contributed by atoms with Crippen molar-refractivity contribution in [1.29, 1.82) is 0 Å². The molecule has 2 nitrogen and oxygen atoms in total. The standard InChI is InChI=1S/C5H11NOS/c1-3-7-5(6)4-8-2/h4H,3,6H2,1-2H3/b5-4+. The summed E-state index contributed by atoms with van der Waals surface area (Å²) in [6.07, 6.45) is 1.94. The molecule has 0 aromatic heterocycles. The zero-order valence-corrected chi connectivity index (χ0v) is 5.99. The lowest BCUT2D eigenvalue weighted by Crippen LogP contribution is -2.00. The summed E-state index contributed by atoms with van der Waals surface area (Å²) < 4.78 is 4.90. The maximum absolute atomic E-state index is 5.31. The van der Waals surface area contributed by atoms with Crippen molar-refractivity contribution in [3.63, 3.8) is 0 Å². The molecule has 0 aliphatic heterocycles. The Morgan fingerprint density at radius 2 is 2.50 bits per heavy atom. The molecule has 0 aromatic rings. The van der Waals surface area contributed by atoms with Gasteiger partial charge in [0, 0.05) is 5.41 Å². The van der Waals surface area contributed by atoms with Gasteiger partial charge in [-0.25, -0.2) is 0 Å². The highest BCUT2D eigenvalue weighted by atomic mass is 32.2. The molecule has 0 bridgehead atoms. The minimum absolute atomic E-state index is 0.500. The zero-order chi connectivity index (χ0) is 6.41. The summed E-state index contributed by atoms with van der Waals surface area (Å²) in [6.45, 7) is 2.55. The van der Waals surface area contributed by atoms with E-state index in [1.54, 1.807) is 5.41 Å². The molecule has 0 aliphatic carbocycles. The van der Waals surface area contributed by atoms with Crippen molar-refractivity contribution in [3.8, 4) is 0 Å². The Labute approximate surface area is 54.1 Å². The van der Waals surface area contributed by atoms with Gasteiger partial charge < -0.3 is 10.5 Å². The fraction of sp³-hybridized carbons (Fsp3) is 0.600. The van der Waals surface area contributed by atoms with Gasteiger partial charge in [-0.1, -0.05) is 0 Å². The largest absolute Gasteiger partial charge is 0.479 e. The highest BCUT2D eigenvalue weighted by Gasteiger charge is 1.82. The number of rotatable bonds is 3. The van der Waals surface area contributed by atoms with E-state index in [1.807, 2.05) is 13.2 Å². The first-order valence-electron chi connectivity index (χ1n) is 2.42. The lowest BCUT2D eigenvalue weighted by molar-refractivity contribution is 0.227. The Hall–Kier alpha value is -0.310. The van der Waals surface area contributed by atoms with Crippen LogP contribution in [0.3, 0.4) is 0 Å². The third-order valence-electron chi connectivity index (χ3n) is 0.545. The van der Waals surface area contributed by atoms with Gasteiger partial charge in [0.1, 0.15) is 0 Å². The van der Waals surface area contributed by atoms with Crippen LogP contribution in [0.5, 0.6) is 0 Å². The predicted molar refractivity (Wildman–Crippen MR) is 37.4 cm³/mol. The summed E-state index contributed by atoms with van der Waals surface area (Å²) in [4.78, 5) is 0. The topological polar surface area (TPSA) is 35.2 Å². The Morgan fingerprint density at radius 1 is 1.88 bits per heavy atom. The van der Waals surface area contributed by atoms with Gasteiger partial charge in [-0.3, -0.25) is 0 Å². The lowest BCUT2D eigenvalue weighted by atomic mass is 10.8. The SMILES string of the molecule is CCO/C(N)=C/SC. The third kappa shape index (κ3) is 3.87. The van der Waals surface area contributed by atoms with Crippen LogP contribution in [0.4, 0.5) is 0 Å². The van der Waals surface area contributed by atoms with Crippen LogP contribution in [0.25, 0.3) is 0 Å². The van der Waals surface area contributed by atoms with Crippen LogP contribution in [0, 0.1) is 0 Å². The van der Waals surface area contributed by atoms with Gasteiger partial charge >= 0.3 is 0 Å². The van der Waals surface area contributed by atoms with Crippen LogP contribution >= 0.6 is 11.8 Å². The van der Waals surface area contributed by atoms with E-state index in [0.717, 1.165) is 0 Å². The van der Waals surface area contributed by atoms with E-state index < -0.39 is 0 Å². The molecule has 48 valence electrons. The smallest absolute Gasteiger partial charge is 0.190 e. The minimum atomic E-state index is 0.500. The van der Waals surface area contributed by atoms with Gasteiger partial charge in [0.25, 0.3) is 0 Å². The van der Waals surface area contributed by atoms with Gasteiger partial charge in [0.05, 0.1) is 6.61 Å². The molecule has 0 spiro atoms. The summed E-state index contributed by atoms with van der Waals surface area (Å²) in [5, 5.41) is 1.77. The quantitative estimate of drug-likeness (QED) is 0.586. The van der Waals surface area contributed by atoms with Crippen LogP contribution in [-0.4, -0.2) is 12.9 Å². The van der Waals surface area contributed by atoms with Gasteiger partial charge in [0.15, 0.2) is 5.88 Å². The fourth-order valence-electron chi connectivity index (χ4n) is 0.317. The predicted octanol–water partition coefficient (Wildman–Crippen LogP) is 1.14. The highest BCUT2D eigenvalue weighted by Crippen LogP contribution is 1.97. The fourth-order valence-corrected chi connectivity index (χ4v) is 0.617. The molecule has 2 N–H and O–H groups in total. The van der Waals surface area contributed by atoms with Crippen molar-refractivity contribution in [2.45, 2.75) is 6.92 Å². The monoisotopic (exact) mass is 133 g/mol. The van der Waals surface area contributed by atoms with Gasteiger partial charge in [-0.2, -0.15) is 0 Å². The first-order valence-corrected chi connectivity index (χ1v) is 3.71. The number of hydrogen-bond donors (Lipinski definition) is 1. The van der Waals surface area contributed by atoms with Crippen LogP contribution < -0.4 is 5.73 Å². The van der Waals surface area contributed by atoms with E-state index in [0.29, 0.717) is 12.5 Å². The summed E-state index contributed by atoms with van der Waals surface area (Å²) in [7, 11) is 0. The molecule has 0 heterocycles. The third-order valence-corrected chi connectivity index (χ3v) is 1.01. The minimum Gasteiger partial charge on any atom is -0.479 e. The second-order valence-electron chi connectivity index (χ2n) is 1.19. The van der Waals surface area contributed by atoms with Crippen LogP contribution in [0.15, 0.2) is 11.3 Å². The van der Waals surface area contributed by atoms with Crippen LogP contribution in [0.1, 0.15) is 6.92 Å². The maximum Gasteiger partial charge on any atom is 0.190 e. The molecule has 8 heavy (non-hydrogen) atoms. The molecular weight excluding hydrogens is 122 g/mol. The second kappa shape index (κ2) is 4.84. The molecule has 0 fully saturated rings. The van der Waals surface area contributed by atoms with E-state index in [2.05, 4.69) is 0 Å². The number of nitrogens with two attached hydrogens (primary N) is 1. The zero-order valence-electron chi connectivity index (χ0n) is 5.18. The van der Waals surface area contributed by atoms with Crippen molar-refractivity contribution in [2.24, 2.45) is 5.73 Å². The highest BCUT2D eigenvalue weighted by molar-refractivity contribution is 8.01. The second-order valence-corrected chi connectivity index (χ2v) is 1.90.